The number of thiazole rings is 1. The number of phenols is 1. The van der Waals surface area contributed by atoms with Gasteiger partial charge in [-0.1, -0.05) is 55.4 Å². The van der Waals surface area contributed by atoms with Gasteiger partial charge in [0.25, 0.3) is 0 Å². The quantitative estimate of drug-likeness (QED) is 0.0636. The molecule has 0 bridgehead atoms. The number of amides is 1. The second kappa shape index (κ2) is 22.5. The van der Waals surface area contributed by atoms with Crippen LogP contribution in [0.1, 0.15) is 93.1 Å². The number of rotatable bonds is 17. The number of para-hydroxylation sites is 1. The summed E-state index contributed by atoms with van der Waals surface area (Å²) in [7, 11) is 0. The maximum Gasteiger partial charge on any atom is 0.234 e. The van der Waals surface area contributed by atoms with Crippen LogP contribution in [-0.2, 0) is 22.5 Å². The molecule has 4 saturated heterocycles. The average Bonchev–Trinajstić information content (AvgIpc) is 4.06. The molecule has 5 fully saturated rings. The summed E-state index contributed by atoms with van der Waals surface area (Å²) in [5.74, 6) is 3.02. The minimum atomic E-state index is -0.607. The standard InChI is InChI=1S/C61H74N12O6S/c1-36(2)56(61(76)73-33-44(74)28-51(73)57-60(78-57)64-37(3)41-9-11-42(12-10-41)58-38(4)63-35-80-58)53-30-54(68-79-53)71-23-21-70(22-24-71)31-39-14-18-69(19-15-39)32-40-25-45(26-40)77-55-27-43(13-17-62-55)72-20-16-46-48-29-49(47-7-5-6-8-52(47)75)66-67-59(48)65-50(46)34-72/h5-13,17,27,29-30,35-37,39-40,44-45,51,56-57,60,64,74-75H,14-16,18-26,28,31-34H2,1-4H3,(H,65,67)/t37-,40-,44+,45-,51-,56+,57?,60?/m0/s1. The van der Waals surface area contributed by atoms with E-state index in [9.17, 15) is 15.0 Å². The number of aliphatic hydroxyl groups is 1. The third-order valence-electron chi connectivity index (χ3n) is 18.0. The first-order chi connectivity index (χ1) is 38.9. The number of piperidine rings is 1. The number of fused-ring (bicyclic) bond motifs is 3. The number of carbonyl (C=O) groups excluding carboxylic acids is 1. The van der Waals surface area contributed by atoms with Gasteiger partial charge in [-0.15, -0.1) is 21.5 Å². The number of aliphatic hydroxyl groups excluding tert-OH is 1. The van der Waals surface area contributed by atoms with E-state index >= 15 is 0 Å². The highest BCUT2D eigenvalue weighted by atomic mass is 32.1. The van der Waals surface area contributed by atoms with Crippen molar-refractivity contribution in [3.8, 4) is 33.3 Å². The molecular formula is C61H74N12O6S. The van der Waals surface area contributed by atoms with Crippen molar-refractivity contribution in [3.05, 3.63) is 113 Å². The molecule has 0 radical (unpaired) electrons. The summed E-state index contributed by atoms with van der Waals surface area (Å²) < 4.78 is 18.7. The molecule has 5 aliphatic heterocycles. The fourth-order valence-electron chi connectivity index (χ4n) is 13.4. The summed E-state index contributed by atoms with van der Waals surface area (Å²) in [4.78, 5) is 40.0. The Morgan fingerprint density at radius 1 is 0.887 bits per heavy atom. The Bertz CT molecular complexity index is 3290. The van der Waals surface area contributed by atoms with Crippen molar-refractivity contribution in [2.75, 3.05) is 75.2 Å². The Hall–Kier alpha value is -6.48. The lowest BCUT2D eigenvalue weighted by Crippen LogP contribution is -2.49. The van der Waals surface area contributed by atoms with Crippen LogP contribution in [0.25, 0.3) is 32.7 Å². The van der Waals surface area contributed by atoms with Crippen LogP contribution >= 0.6 is 11.3 Å². The molecule has 7 aromatic rings. The SMILES string of the molecule is Cc1ncsc1-c1ccc([C@H](C)NC2OC2[C@@H]2C[C@@H](O)CN2C(=O)[C@@H](c2cc(N3CCN(CC4CCN(C[C@H]5C[C@H](Oc6cc(N7CCc8c([nH]c9nnc(-c%10ccccc%10O)cc89)C7)ccn6)C5)CC4)CC3)no2)C(C)C)cc1. The lowest BCUT2D eigenvalue weighted by atomic mass is 9.81. The van der Waals surface area contributed by atoms with Gasteiger partial charge < -0.3 is 48.8 Å². The molecule has 0 spiro atoms. The van der Waals surface area contributed by atoms with Gasteiger partial charge in [-0.2, -0.15) is 0 Å². The predicted molar refractivity (Wildman–Crippen MR) is 308 cm³/mol. The number of aromatic nitrogens is 6. The van der Waals surface area contributed by atoms with Crippen molar-refractivity contribution < 1.29 is 29.0 Å². The van der Waals surface area contributed by atoms with Gasteiger partial charge in [-0.25, -0.2) is 9.97 Å². The van der Waals surface area contributed by atoms with Crippen LogP contribution < -0.4 is 19.9 Å². The lowest BCUT2D eigenvalue weighted by molar-refractivity contribution is -0.135. The highest BCUT2D eigenvalue weighted by molar-refractivity contribution is 7.13. The number of hydrogen-bond acceptors (Lipinski definition) is 17. The number of piperazine rings is 1. The lowest BCUT2D eigenvalue weighted by Gasteiger charge is -2.42. The van der Waals surface area contributed by atoms with E-state index in [2.05, 4.69) is 112 Å². The van der Waals surface area contributed by atoms with Crippen LogP contribution in [-0.4, -0.2) is 157 Å². The summed E-state index contributed by atoms with van der Waals surface area (Å²) in [5.41, 5.74) is 10.9. The molecule has 18 nitrogen and oxygen atoms in total. The zero-order chi connectivity index (χ0) is 54.6. The minimum Gasteiger partial charge on any atom is -0.507 e. The van der Waals surface area contributed by atoms with E-state index in [1.54, 1.807) is 17.4 Å². The molecule has 1 aliphatic carbocycles. The number of nitrogens with one attached hydrogen (secondary N) is 2. The summed E-state index contributed by atoms with van der Waals surface area (Å²) in [5, 5.41) is 39.4. The number of β-amino-alcohol motifs (C(OH)–C–C–N with tert-alkyl or cyclic N) is 1. The van der Waals surface area contributed by atoms with Gasteiger partial charge in [0.1, 0.15) is 30.1 Å². The molecule has 5 aromatic heterocycles. The fourth-order valence-corrected chi connectivity index (χ4v) is 14.2. The third-order valence-corrected chi connectivity index (χ3v) is 19.0. The summed E-state index contributed by atoms with van der Waals surface area (Å²) >= 11 is 1.65. The van der Waals surface area contributed by atoms with Crippen LogP contribution in [0.4, 0.5) is 11.5 Å². The van der Waals surface area contributed by atoms with Crippen molar-refractivity contribution >= 4 is 39.8 Å². The topological polar surface area (TPSA) is 201 Å². The van der Waals surface area contributed by atoms with Crippen molar-refractivity contribution in [1.29, 1.82) is 0 Å². The number of hydrogen-bond donors (Lipinski definition) is 4. The number of aryl methyl sites for hydroxylation is 1. The minimum absolute atomic E-state index is 0.0298. The number of anilines is 2. The Morgan fingerprint density at radius 3 is 2.45 bits per heavy atom. The van der Waals surface area contributed by atoms with Crippen molar-refractivity contribution in [2.45, 2.75) is 115 Å². The fraction of sp³-hybridized carbons (Fsp3) is 0.508. The molecule has 1 amide bonds. The predicted octanol–water partition coefficient (Wildman–Crippen LogP) is 8.18. The van der Waals surface area contributed by atoms with Crippen LogP contribution in [0.5, 0.6) is 11.6 Å². The Morgan fingerprint density at radius 2 is 1.68 bits per heavy atom. The van der Waals surface area contributed by atoms with E-state index in [1.165, 1.54) is 23.3 Å². The molecule has 2 unspecified atom stereocenters. The van der Waals surface area contributed by atoms with Gasteiger partial charge in [-0.05, 0) is 124 Å². The number of likely N-dealkylation sites (tertiary alicyclic amines) is 2. The van der Waals surface area contributed by atoms with Gasteiger partial charge in [0.05, 0.1) is 40.5 Å². The first-order valence-corrected chi connectivity index (χ1v) is 29.9. The number of nitrogens with zero attached hydrogens (tertiary/aromatic N) is 10. The van der Waals surface area contributed by atoms with Crippen LogP contribution in [0.15, 0.2) is 89.0 Å². The molecule has 80 heavy (non-hydrogen) atoms. The van der Waals surface area contributed by atoms with Crippen molar-refractivity contribution in [3.63, 3.8) is 0 Å². The normalized spacial score (nSPS) is 24.6. The van der Waals surface area contributed by atoms with E-state index < -0.39 is 12.0 Å². The number of carbonyl (C=O) groups is 1. The smallest absolute Gasteiger partial charge is 0.234 e. The number of H-pyrrole nitrogens is 1. The molecule has 13 rings (SSSR count). The van der Waals surface area contributed by atoms with Gasteiger partial charge in [0, 0.05) is 99.1 Å². The van der Waals surface area contributed by atoms with Gasteiger partial charge >= 0.3 is 0 Å². The molecule has 1 saturated carbocycles. The van der Waals surface area contributed by atoms with E-state index in [0.717, 1.165) is 130 Å². The number of epoxide rings is 1. The number of phenolic OH excluding ortho intramolecular Hbond substituents is 1. The molecular weight excluding hydrogens is 1030 g/mol. The highest BCUT2D eigenvalue weighted by Gasteiger charge is 2.53. The summed E-state index contributed by atoms with van der Waals surface area (Å²) in [6.07, 6.45) is 6.97. The number of aromatic hydroxyl groups is 1. The van der Waals surface area contributed by atoms with E-state index in [0.29, 0.717) is 41.2 Å². The van der Waals surface area contributed by atoms with Gasteiger partial charge in [-0.3, -0.25) is 15.0 Å². The van der Waals surface area contributed by atoms with Gasteiger partial charge in [0.2, 0.25) is 11.8 Å². The Labute approximate surface area is 471 Å². The van der Waals surface area contributed by atoms with Crippen molar-refractivity contribution in [1.82, 2.24) is 50.3 Å². The number of aromatic amines is 1. The summed E-state index contributed by atoms with van der Waals surface area (Å²) in [6.45, 7) is 18.4. The van der Waals surface area contributed by atoms with Crippen LogP contribution in [0.3, 0.4) is 0 Å². The van der Waals surface area contributed by atoms with E-state index in [4.69, 9.17) is 14.0 Å². The third kappa shape index (κ3) is 11.0. The van der Waals surface area contributed by atoms with E-state index in [-0.39, 0.29) is 54.6 Å². The van der Waals surface area contributed by atoms with Gasteiger partial charge in [0.15, 0.2) is 17.2 Å². The molecule has 19 heteroatoms. The average molecular weight is 1100 g/mol. The Kier molecular flexibility index (Phi) is 14.8. The second-order valence-electron chi connectivity index (χ2n) is 23.8. The van der Waals surface area contributed by atoms with Crippen LogP contribution in [0, 0.1) is 24.7 Å². The molecule has 2 aromatic carbocycles. The maximum absolute atomic E-state index is 14.5. The molecule has 4 N–H and O–H groups in total. The molecule has 6 atom stereocenters. The zero-order valence-electron chi connectivity index (χ0n) is 46.3. The van der Waals surface area contributed by atoms with Crippen molar-refractivity contribution in [2.24, 2.45) is 17.8 Å². The molecule has 6 aliphatic rings. The summed E-state index contributed by atoms with van der Waals surface area (Å²) in [6, 6.07) is 23.8. The largest absolute Gasteiger partial charge is 0.507 e. The zero-order valence-corrected chi connectivity index (χ0v) is 47.1. The first-order valence-electron chi connectivity index (χ1n) is 29.0. The number of pyridine rings is 1. The maximum atomic E-state index is 14.5. The number of benzene rings is 2. The van der Waals surface area contributed by atoms with E-state index in [1.807, 2.05) is 53.9 Å². The number of ether oxygens (including phenoxy) is 2. The van der Waals surface area contributed by atoms with Crippen LogP contribution in [0.2, 0.25) is 0 Å². The molecule has 10 heterocycles. The Balaban J connectivity index is 0.531. The first kappa shape index (κ1) is 52.9. The monoisotopic (exact) mass is 1100 g/mol. The molecule has 420 valence electrons. The second-order valence-corrected chi connectivity index (χ2v) is 24.6. The highest BCUT2D eigenvalue weighted by Crippen LogP contribution is 2.40.